The average Bonchev–Trinajstić information content (AvgIpc) is 3.32. The van der Waals surface area contributed by atoms with Gasteiger partial charge < -0.3 is 9.88 Å². The summed E-state index contributed by atoms with van der Waals surface area (Å²) in [6.07, 6.45) is 9.75. The lowest BCUT2D eigenvalue weighted by Crippen LogP contribution is -2.21. The normalized spacial score (nSPS) is 15.2. The van der Waals surface area contributed by atoms with Crippen LogP contribution in [-0.2, 0) is 6.54 Å². The summed E-state index contributed by atoms with van der Waals surface area (Å²) in [6, 6.07) is 10.2. The second-order valence-electron chi connectivity index (χ2n) is 7.75. The molecule has 0 amide bonds. The summed E-state index contributed by atoms with van der Waals surface area (Å²) in [5.74, 6) is -0.271. The highest BCUT2D eigenvalue weighted by Crippen LogP contribution is 2.30. The first-order valence-corrected chi connectivity index (χ1v) is 10.9. The van der Waals surface area contributed by atoms with Crippen molar-refractivity contribution in [3.8, 4) is 0 Å². The number of halogens is 1. The van der Waals surface area contributed by atoms with E-state index in [1.807, 2.05) is 10.6 Å². The number of anilines is 1. The Bertz CT molecular complexity index is 1190. The van der Waals surface area contributed by atoms with Gasteiger partial charge in [0.25, 0.3) is 0 Å². The Balaban J connectivity index is 1.41. The molecule has 4 nitrogen and oxygen atoms in total. The topological polar surface area (TPSA) is 42.7 Å². The van der Waals surface area contributed by atoms with Crippen LogP contribution in [0.25, 0.3) is 27.3 Å². The van der Waals surface area contributed by atoms with Crippen molar-refractivity contribution < 1.29 is 4.39 Å². The lowest BCUT2D eigenvalue weighted by atomic mass is 9.96. The fraction of sp³-hybridized carbons (Fsp3) is 0.304. The second kappa shape index (κ2) is 7.59. The highest BCUT2D eigenvalue weighted by molar-refractivity contribution is 7.22. The number of aromatic nitrogens is 3. The standard InChI is InChI=1S/C23H23FN4S/c1-2-15-10-18(24)22-20(11-15)25-14-28(22)13-16-8-9-19-21(12-16)29-23(27-19)26-17-6-4-3-5-7-17/h2,8-12,14,17H,1,3-7,13H2,(H,26,27). The van der Waals surface area contributed by atoms with Crippen molar-refractivity contribution in [1.29, 1.82) is 0 Å². The third kappa shape index (κ3) is 3.65. The fourth-order valence-electron chi connectivity index (χ4n) is 4.16. The molecule has 2 aromatic carbocycles. The van der Waals surface area contributed by atoms with Crippen LogP contribution in [0.2, 0.25) is 0 Å². The Hall–Kier alpha value is -2.73. The number of nitrogens with one attached hydrogen (secondary N) is 1. The summed E-state index contributed by atoms with van der Waals surface area (Å²) in [7, 11) is 0. The quantitative estimate of drug-likeness (QED) is 0.428. The van der Waals surface area contributed by atoms with Crippen molar-refractivity contribution in [2.75, 3.05) is 5.32 Å². The van der Waals surface area contributed by atoms with Crippen molar-refractivity contribution in [2.24, 2.45) is 0 Å². The predicted octanol–water partition coefficient (Wildman–Crippen LogP) is 6.22. The highest BCUT2D eigenvalue weighted by Gasteiger charge is 2.15. The van der Waals surface area contributed by atoms with Gasteiger partial charge >= 0.3 is 0 Å². The first kappa shape index (κ1) is 18.3. The van der Waals surface area contributed by atoms with Gasteiger partial charge in [0, 0.05) is 12.6 Å². The number of hydrogen-bond acceptors (Lipinski definition) is 4. The van der Waals surface area contributed by atoms with Gasteiger partial charge in [-0.05, 0) is 48.2 Å². The van der Waals surface area contributed by atoms with E-state index in [0.717, 1.165) is 26.5 Å². The van der Waals surface area contributed by atoms with Crippen LogP contribution in [0.3, 0.4) is 0 Å². The van der Waals surface area contributed by atoms with Gasteiger partial charge in [-0.25, -0.2) is 14.4 Å². The Morgan fingerprint density at radius 1 is 1.17 bits per heavy atom. The summed E-state index contributed by atoms with van der Waals surface area (Å²) in [5, 5.41) is 4.61. The summed E-state index contributed by atoms with van der Waals surface area (Å²) in [4.78, 5) is 9.12. The van der Waals surface area contributed by atoms with Crippen molar-refractivity contribution in [1.82, 2.24) is 14.5 Å². The molecule has 1 N–H and O–H groups in total. The summed E-state index contributed by atoms with van der Waals surface area (Å²) < 4.78 is 17.6. The summed E-state index contributed by atoms with van der Waals surface area (Å²) in [6.45, 7) is 4.28. The molecule has 6 heteroatoms. The van der Waals surface area contributed by atoms with Crippen LogP contribution in [0.5, 0.6) is 0 Å². The van der Waals surface area contributed by atoms with Crippen LogP contribution in [0.1, 0.15) is 43.2 Å². The molecule has 4 aromatic rings. The lowest BCUT2D eigenvalue weighted by molar-refractivity contribution is 0.462. The molecule has 0 radical (unpaired) electrons. The van der Waals surface area contributed by atoms with Gasteiger partial charge in [-0.1, -0.05) is 49.3 Å². The maximum Gasteiger partial charge on any atom is 0.184 e. The van der Waals surface area contributed by atoms with Gasteiger partial charge in [-0.3, -0.25) is 0 Å². The maximum atomic E-state index is 14.6. The van der Waals surface area contributed by atoms with Crippen molar-refractivity contribution in [3.63, 3.8) is 0 Å². The predicted molar refractivity (Wildman–Crippen MR) is 119 cm³/mol. The first-order chi connectivity index (χ1) is 14.2. The molecule has 1 aliphatic rings. The number of thiazole rings is 1. The van der Waals surface area contributed by atoms with E-state index in [9.17, 15) is 4.39 Å². The molecule has 1 fully saturated rings. The second-order valence-corrected chi connectivity index (χ2v) is 8.78. The minimum Gasteiger partial charge on any atom is -0.359 e. The zero-order valence-electron chi connectivity index (χ0n) is 16.2. The summed E-state index contributed by atoms with van der Waals surface area (Å²) >= 11 is 1.70. The van der Waals surface area contributed by atoms with Gasteiger partial charge in [0.05, 0.1) is 22.1 Å². The molecule has 148 valence electrons. The molecule has 0 bridgehead atoms. The Morgan fingerprint density at radius 2 is 2.03 bits per heavy atom. The number of rotatable bonds is 5. The third-order valence-corrected chi connectivity index (χ3v) is 6.61. The number of benzene rings is 2. The fourth-order valence-corrected chi connectivity index (χ4v) is 5.17. The maximum absolute atomic E-state index is 14.6. The Labute approximate surface area is 173 Å². The molecular weight excluding hydrogens is 383 g/mol. The monoisotopic (exact) mass is 406 g/mol. The van der Waals surface area contributed by atoms with Crippen LogP contribution in [0, 0.1) is 5.82 Å². The Kier molecular flexibility index (Phi) is 4.79. The van der Waals surface area contributed by atoms with Crippen LogP contribution in [0.4, 0.5) is 9.52 Å². The molecule has 0 atom stereocenters. The van der Waals surface area contributed by atoms with Gasteiger partial charge in [0.1, 0.15) is 11.3 Å². The zero-order valence-corrected chi connectivity index (χ0v) is 17.0. The molecule has 29 heavy (non-hydrogen) atoms. The van der Waals surface area contributed by atoms with E-state index in [4.69, 9.17) is 4.98 Å². The van der Waals surface area contributed by atoms with Crippen LogP contribution in [-0.4, -0.2) is 20.6 Å². The van der Waals surface area contributed by atoms with Gasteiger partial charge in [0.15, 0.2) is 5.13 Å². The molecule has 0 aliphatic heterocycles. The molecule has 5 rings (SSSR count). The number of nitrogens with zero attached hydrogens (tertiary/aromatic N) is 3. The van der Waals surface area contributed by atoms with Crippen molar-refractivity contribution >= 4 is 43.8 Å². The molecule has 1 aliphatic carbocycles. The minimum atomic E-state index is -0.271. The summed E-state index contributed by atoms with van der Waals surface area (Å²) in [5.41, 5.74) is 4.04. The van der Waals surface area contributed by atoms with Crippen molar-refractivity contribution in [3.05, 3.63) is 60.2 Å². The average molecular weight is 407 g/mol. The molecule has 1 saturated carbocycles. The lowest BCUT2D eigenvalue weighted by Gasteiger charge is -2.22. The van der Waals surface area contributed by atoms with E-state index in [1.54, 1.807) is 23.7 Å². The van der Waals surface area contributed by atoms with Gasteiger partial charge in [-0.15, -0.1) is 0 Å². The highest BCUT2D eigenvalue weighted by atomic mass is 32.1. The van der Waals surface area contributed by atoms with E-state index in [0.29, 0.717) is 23.6 Å². The first-order valence-electron chi connectivity index (χ1n) is 10.1. The largest absolute Gasteiger partial charge is 0.359 e. The molecular formula is C23H23FN4S. The number of fused-ring (bicyclic) bond motifs is 2. The molecule has 0 spiro atoms. The van der Waals surface area contributed by atoms with Gasteiger partial charge in [-0.2, -0.15) is 0 Å². The molecule has 2 heterocycles. The van der Waals surface area contributed by atoms with Crippen LogP contribution >= 0.6 is 11.3 Å². The van der Waals surface area contributed by atoms with Crippen LogP contribution in [0.15, 0.2) is 43.2 Å². The molecule has 2 aromatic heterocycles. The van der Waals surface area contributed by atoms with Gasteiger partial charge in [0.2, 0.25) is 0 Å². The minimum absolute atomic E-state index is 0.271. The molecule has 0 saturated heterocycles. The van der Waals surface area contributed by atoms with E-state index < -0.39 is 0 Å². The zero-order chi connectivity index (χ0) is 19.8. The van der Waals surface area contributed by atoms with Crippen molar-refractivity contribution in [2.45, 2.75) is 44.7 Å². The van der Waals surface area contributed by atoms with E-state index in [2.05, 4.69) is 35.1 Å². The molecule has 0 unspecified atom stereocenters. The Morgan fingerprint density at radius 3 is 2.86 bits per heavy atom. The number of hydrogen-bond donors (Lipinski definition) is 1. The third-order valence-electron chi connectivity index (χ3n) is 5.66. The smallest absolute Gasteiger partial charge is 0.184 e. The number of imidazole rings is 1. The SMILES string of the molecule is C=Cc1cc(F)c2c(c1)ncn2Cc1ccc2nc(NC3CCCCC3)sc2c1. The van der Waals surface area contributed by atoms with Crippen LogP contribution < -0.4 is 5.32 Å². The van der Waals surface area contributed by atoms with E-state index in [1.165, 1.54) is 38.2 Å². The van der Waals surface area contributed by atoms with E-state index >= 15 is 0 Å². The van der Waals surface area contributed by atoms with E-state index in [-0.39, 0.29) is 5.82 Å².